The molecule has 1 aliphatic heterocycles. The second-order valence-corrected chi connectivity index (χ2v) is 6.59. The van der Waals surface area contributed by atoms with E-state index in [0.717, 1.165) is 30.0 Å². The molecule has 0 aliphatic carbocycles. The van der Waals surface area contributed by atoms with Crippen molar-refractivity contribution in [2.45, 2.75) is 19.9 Å². The van der Waals surface area contributed by atoms with E-state index in [-0.39, 0.29) is 5.91 Å². The first-order valence-electron chi connectivity index (χ1n) is 9.17. The Morgan fingerprint density at radius 1 is 1.11 bits per heavy atom. The van der Waals surface area contributed by atoms with Crippen molar-refractivity contribution in [3.8, 4) is 11.5 Å². The lowest BCUT2D eigenvalue weighted by atomic mass is 9.99. The van der Waals surface area contributed by atoms with Crippen molar-refractivity contribution < 1.29 is 19.0 Å². The Hall–Kier alpha value is -2.87. The molecule has 2 aromatic rings. The summed E-state index contributed by atoms with van der Waals surface area (Å²) in [5.74, 6) is 1.76. The van der Waals surface area contributed by atoms with Crippen LogP contribution in [0.25, 0.3) is 0 Å². The van der Waals surface area contributed by atoms with E-state index in [4.69, 9.17) is 14.2 Å². The number of rotatable bonds is 7. The summed E-state index contributed by atoms with van der Waals surface area (Å²) in [6.07, 6.45) is 0.836. The van der Waals surface area contributed by atoms with Crippen molar-refractivity contribution in [1.82, 2.24) is 15.3 Å². The van der Waals surface area contributed by atoms with Gasteiger partial charge in [0, 0.05) is 32.4 Å². The Morgan fingerprint density at radius 3 is 2.50 bits per heavy atom. The maximum Gasteiger partial charge on any atom is 0.270 e. The first kappa shape index (κ1) is 19.9. The van der Waals surface area contributed by atoms with Crippen LogP contribution in [0.2, 0.25) is 0 Å². The number of hydrogen-bond donors (Lipinski definition) is 1. The standard InChI is InChI=1S/C20H26N4O4/c1-13-9-16(19(25)21-6-8-26-2)23-20(22-13)24-7-5-14-10-17(27-3)18(28-4)11-15(14)12-24/h9-11H,5-8,12H2,1-4H3,(H,21,25). The van der Waals surface area contributed by atoms with Crippen LogP contribution in [-0.4, -0.2) is 56.9 Å². The van der Waals surface area contributed by atoms with E-state index in [2.05, 4.69) is 20.2 Å². The van der Waals surface area contributed by atoms with Crippen LogP contribution in [0.5, 0.6) is 11.5 Å². The summed E-state index contributed by atoms with van der Waals surface area (Å²) < 4.78 is 15.8. The van der Waals surface area contributed by atoms with E-state index < -0.39 is 0 Å². The first-order valence-corrected chi connectivity index (χ1v) is 9.17. The topological polar surface area (TPSA) is 85.8 Å². The molecule has 0 spiro atoms. The van der Waals surface area contributed by atoms with Gasteiger partial charge in [0.2, 0.25) is 5.95 Å². The quantitative estimate of drug-likeness (QED) is 0.726. The summed E-state index contributed by atoms with van der Waals surface area (Å²) in [4.78, 5) is 23.5. The highest BCUT2D eigenvalue weighted by Gasteiger charge is 2.22. The van der Waals surface area contributed by atoms with Crippen LogP contribution in [0.1, 0.15) is 27.3 Å². The third-order valence-corrected chi connectivity index (χ3v) is 4.67. The number of aromatic nitrogens is 2. The van der Waals surface area contributed by atoms with Crippen molar-refractivity contribution in [2.24, 2.45) is 0 Å². The van der Waals surface area contributed by atoms with Crippen molar-refractivity contribution in [1.29, 1.82) is 0 Å². The molecule has 1 amide bonds. The number of hydrogen-bond acceptors (Lipinski definition) is 7. The third-order valence-electron chi connectivity index (χ3n) is 4.67. The van der Waals surface area contributed by atoms with Crippen LogP contribution in [0, 0.1) is 6.92 Å². The lowest BCUT2D eigenvalue weighted by Crippen LogP contribution is -2.33. The van der Waals surface area contributed by atoms with Crippen LogP contribution in [0.3, 0.4) is 0 Å². The number of fused-ring (bicyclic) bond motifs is 1. The fraction of sp³-hybridized carbons (Fsp3) is 0.450. The molecule has 1 aromatic heterocycles. The van der Waals surface area contributed by atoms with Crippen LogP contribution in [0.4, 0.5) is 5.95 Å². The Morgan fingerprint density at radius 2 is 1.82 bits per heavy atom. The summed E-state index contributed by atoms with van der Waals surface area (Å²) in [5, 5.41) is 2.80. The molecule has 0 saturated heterocycles. The number of benzene rings is 1. The smallest absolute Gasteiger partial charge is 0.270 e. The summed E-state index contributed by atoms with van der Waals surface area (Å²) in [5.41, 5.74) is 3.47. The molecule has 0 unspecified atom stereocenters. The largest absolute Gasteiger partial charge is 0.493 e. The van der Waals surface area contributed by atoms with Crippen LogP contribution < -0.4 is 19.7 Å². The van der Waals surface area contributed by atoms with Gasteiger partial charge in [0.15, 0.2) is 11.5 Å². The summed E-state index contributed by atoms with van der Waals surface area (Å²) in [6, 6.07) is 5.71. The zero-order chi connectivity index (χ0) is 20.1. The average molecular weight is 386 g/mol. The number of ether oxygens (including phenoxy) is 3. The number of nitrogens with zero attached hydrogens (tertiary/aromatic N) is 3. The highest BCUT2D eigenvalue weighted by Crippen LogP contribution is 2.33. The van der Waals surface area contributed by atoms with Gasteiger partial charge in [-0.3, -0.25) is 4.79 Å². The zero-order valence-electron chi connectivity index (χ0n) is 16.7. The number of nitrogens with one attached hydrogen (secondary N) is 1. The molecule has 2 heterocycles. The van der Waals surface area contributed by atoms with E-state index in [1.807, 2.05) is 19.1 Å². The van der Waals surface area contributed by atoms with E-state index in [1.54, 1.807) is 27.4 Å². The summed E-state index contributed by atoms with van der Waals surface area (Å²) in [7, 11) is 4.86. The minimum absolute atomic E-state index is 0.229. The maximum atomic E-state index is 12.4. The number of amides is 1. The molecular formula is C20H26N4O4. The normalized spacial score (nSPS) is 13.1. The van der Waals surface area contributed by atoms with Gasteiger partial charge in [0.05, 0.1) is 20.8 Å². The van der Waals surface area contributed by atoms with Gasteiger partial charge in [-0.05, 0) is 42.7 Å². The lowest BCUT2D eigenvalue weighted by molar-refractivity contribution is 0.0932. The van der Waals surface area contributed by atoms with Gasteiger partial charge in [-0.25, -0.2) is 9.97 Å². The van der Waals surface area contributed by atoms with Crippen LogP contribution >= 0.6 is 0 Å². The molecule has 8 nitrogen and oxygen atoms in total. The number of aryl methyl sites for hydroxylation is 1. The number of carbonyl (C=O) groups is 1. The van der Waals surface area contributed by atoms with Gasteiger partial charge in [0.25, 0.3) is 5.91 Å². The minimum Gasteiger partial charge on any atom is -0.493 e. The van der Waals surface area contributed by atoms with E-state index >= 15 is 0 Å². The zero-order valence-corrected chi connectivity index (χ0v) is 16.7. The Bertz CT molecular complexity index is 856. The Kier molecular flexibility index (Phi) is 6.30. The monoisotopic (exact) mass is 386 g/mol. The lowest BCUT2D eigenvalue weighted by Gasteiger charge is -2.30. The molecule has 0 bridgehead atoms. The van der Waals surface area contributed by atoms with Gasteiger partial charge in [0.1, 0.15) is 5.69 Å². The Balaban J connectivity index is 1.82. The Labute approximate surface area is 164 Å². The molecule has 0 radical (unpaired) electrons. The van der Waals surface area contributed by atoms with Crippen molar-refractivity contribution in [3.05, 3.63) is 40.7 Å². The second kappa shape index (κ2) is 8.88. The van der Waals surface area contributed by atoms with Crippen molar-refractivity contribution >= 4 is 11.9 Å². The average Bonchev–Trinajstić information content (AvgIpc) is 2.71. The van der Waals surface area contributed by atoms with Crippen molar-refractivity contribution in [2.75, 3.05) is 45.9 Å². The van der Waals surface area contributed by atoms with Gasteiger partial charge >= 0.3 is 0 Å². The number of carbonyl (C=O) groups excluding carboxylic acids is 1. The predicted molar refractivity (Wildman–Crippen MR) is 105 cm³/mol. The third kappa shape index (κ3) is 4.33. The molecule has 28 heavy (non-hydrogen) atoms. The molecule has 0 fully saturated rings. The number of methoxy groups -OCH3 is 3. The van der Waals surface area contributed by atoms with Gasteiger partial charge in [-0.2, -0.15) is 0 Å². The number of anilines is 1. The summed E-state index contributed by atoms with van der Waals surface area (Å²) >= 11 is 0. The molecule has 3 rings (SSSR count). The molecule has 1 aliphatic rings. The highest BCUT2D eigenvalue weighted by atomic mass is 16.5. The molecule has 1 N–H and O–H groups in total. The van der Waals surface area contributed by atoms with Gasteiger partial charge in [-0.15, -0.1) is 0 Å². The fourth-order valence-electron chi connectivity index (χ4n) is 3.22. The maximum absolute atomic E-state index is 12.4. The molecule has 1 aromatic carbocycles. The highest BCUT2D eigenvalue weighted by molar-refractivity contribution is 5.92. The first-order chi connectivity index (χ1) is 13.5. The predicted octanol–water partition coefficient (Wildman–Crippen LogP) is 1.74. The molecular weight excluding hydrogens is 360 g/mol. The molecule has 0 saturated carbocycles. The van der Waals surface area contributed by atoms with E-state index in [9.17, 15) is 4.79 Å². The van der Waals surface area contributed by atoms with Gasteiger partial charge in [-0.1, -0.05) is 0 Å². The minimum atomic E-state index is -0.229. The summed E-state index contributed by atoms with van der Waals surface area (Å²) in [6.45, 7) is 4.16. The molecule has 8 heteroatoms. The SMILES string of the molecule is COCCNC(=O)c1cc(C)nc(N2CCc3cc(OC)c(OC)cc3C2)n1. The van der Waals surface area contributed by atoms with E-state index in [0.29, 0.717) is 37.1 Å². The molecule has 150 valence electrons. The van der Waals surface area contributed by atoms with Gasteiger partial charge < -0.3 is 24.4 Å². The fourth-order valence-corrected chi connectivity index (χ4v) is 3.22. The van der Waals surface area contributed by atoms with E-state index in [1.165, 1.54) is 5.56 Å². The van der Waals surface area contributed by atoms with Crippen LogP contribution in [0.15, 0.2) is 18.2 Å². The second-order valence-electron chi connectivity index (χ2n) is 6.59. The molecule has 0 atom stereocenters. The van der Waals surface area contributed by atoms with Crippen LogP contribution in [-0.2, 0) is 17.7 Å². The van der Waals surface area contributed by atoms with Crippen molar-refractivity contribution in [3.63, 3.8) is 0 Å².